The average Bonchev–Trinajstić information content (AvgIpc) is 2.54. The van der Waals surface area contributed by atoms with E-state index in [2.05, 4.69) is 52.9 Å². The van der Waals surface area contributed by atoms with Crippen LogP contribution in [-0.2, 0) is 6.54 Å². The molecule has 0 spiro atoms. The summed E-state index contributed by atoms with van der Waals surface area (Å²) >= 11 is 0. The topological polar surface area (TPSA) is 9.72 Å². The van der Waals surface area contributed by atoms with E-state index in [1.54, 1.807) is 0 Å². The van der Waals surface area contributed by atoms with Crippen LogP contribution in [0, 0.1) is 12.8 Å². The Labute approximate surface area is 135 Å². The average molecular weight is 301 g/mol. The lowest BCUT2D eigenvalue weighted by Crippen LogP contribution is -2.48. The molecule has 0 saturated carbocycles. The van der Waals surface area contributed by atoms with Crippen LogP contribution >= 0.6 is 0 Å². The molecule has 1 aromatic rings. The number of hydrogen-bond donors (Lipinski definition) is 0. The van der Waals surface area contributed by atoms with Gasteiger partial charge in [-0.2, -0.15) is 0 Å². The van der Waals surface area contributed by atoms with Crippen molar-refractivity contribution >= 4 is 0 Å². The van der Waals surface area contributed by atoms with Crippen molar-refractivity contribution in [3.05, 3.63) is 35.4 Å². The van der Waals surface area contributed by atoms with Crippen LogP contribution in [-0.4, -0.2) is 67.6 Å². The molecule has 1 aromatic carbocycles. The van der Waals surface area contributed by atoms with Crippen LogP contribution in [0.1, 0.15) is 24.0 Å². The van der Waals surface area contributed by atoms with E-state index in [1.165, 1.54) is 69.8 Å². The molecule has 0 aliphatic carbocycles. The minimum Gasteiger partial charge on any atom is -0.306 e. The molecule has 2 heterocycles. The standard InChI is InChI=1S/C19H31N3/c1-17-3-5-18(6-4-17)15-21-11-13-22(14-12-21)16-19-7-9-20(2)10-8-19/h3-6,19H,7-16H2,1-2H3. The van der Waals surface area contributed by atoms with Gasteiger partial charge in [0.2, 0.25) is 0 Å². The fraction of sp³-hybridized carbons (Fsp3) is 0.684. The third-order valence-electron chi connectivity index (χ3n) is 5.35. The highest BCUT2D eigenvalue weighted by molar-refractivity contribution is 5.21. The van der Waals surface area contributed by atoms with Crippen molar-refractivity contribution in [3.8, 4) is 0 Å². The summed E-state index contributed by atoms with van der Waals surface area (Å²) < 4.78 is 0. The Hall–Kier alpha value is -0.900. The van der Waals surface area contributed by atoms with Crippen LogP contribution in [0.4, 0.5) is 0 Å². The molecule has 0 atom stereocenters. The molecule has 3 rings (SSSR count). The first kappa shape index (κ1) is 16.0. The number of rotatable bonds is 4. The van der Waals surface area contributed by atoms with Gasteiger partial charge in [0, 0.05) is 39.3 Å². The highest BCUT2D eigenvalue weighted by Gasteiger charge is 2.22. The van der Waals surface area contributed by atoms with Crippen molar-refractivity contribution in [2.24, 2.45) is 5.92 Å². The van der Waals surface area contributed by atoms with Gasteiger partial charge in [0.05, 0.1) is 0 Å². The van der Waals surface area contributed by atoms with Gasteiger partial charge in [-0.25, -0.2) is 0 Å². The summed E-state index contributed by atoms with van der Waals surface area (Å²) in [5, 5.41) is 0. The second-order valence-electron chi connectivity index (χ2n) is 7.31. The minimum absolute atomic E-state index is 0.930. The molecule has 122 valence electrons. The van der Waals surface area contributed by atoms with E-state index in [0.717, 1.165) is 12.5 Å². The number of aryl methyl sites for hydroxylation is 1. The molecule has 0 radical (unpaired) electrons. The van der Waals surface area contributed by atoms with Gasteiger partial charge in [0.1, 0.15) is 0 Å². The maximum atomic E-state index is 2.70. The summed E-state index contributed by atoms with van der Waals surface area (Å²) in [6, 6.07) is 9.01. The summed E-state index contributed by atoms with van der Waals surface area (Å²) in [6.45, 7) is 12.1. The molecule has 0 N–H and O–H groups in total. The minimum atomic E-state index is 0.930. The van der Waals surface area contributed by atoms with Crippen LogP contribution in [0.3, 0.4) is 0 Å². The van der Waals surface area contributed by atoms with Gasteiger partial charge in [-0.1, -0.05) is 29.8 Å². The van der Waals surface area contributed by atoms with Crippen LogP contribution in [0.15, 0.2) is 24.3 Å². The molecule has 0 unspecified atom stereocenters. The highest BCUT2D eigenvalue weighted by atomic mass is 15.3. The molecule has 2 aliphatic heterocycles. The Morgan fingerprint density at radius 1 is 0.864 bits per heavy atom. The van der Waals surface area contributed by atoms with E-state index in [4.69, 9.17) is 0 Å². The number of piperazine rings is 1. The molecule has 0 aromatic heterocycles. The lowest BCUT2D eigenvalue weighted by Gasteiger charge is -2.38. The summed E-state index contributed by atoms with van der Waals surface area (Å²) in [6.07, 6.45) is 2.78. The van der Waals surface area contributed by atoms with Crippen LogP contribution in [0.25, 0.3) is 0 Å². The zero-order valence-electron chi connectivity index (χ0n) is 14.3. The van der Waals surface area contributed by atoms with Gasteiger partial charge in [-0.05, 0) is 51.4 Å². The van der Waals surface area contributed by atoms with Gasteiger partial charge in [-0.3, -0.25) is 4.90 Å². The van der Waals surface area contributed by atoms with E-state index in [1.807, 2.05) is 0 Å². The van der Waals surface area contributed by atoms with E-state index in [9.17, 15) is 0 Å². The fourth-order valence-corrected chi connectivity index (χ4v) is 3.69. The maximum Gasteiger partial charge on any atom is 0.0234 e. The zero-order chi connectivity index (χ0) is 15.4. The number of benzene rings is 1. The molecule has 2 saturated heterocycles. The Morgan fingerprint density at radius 2 is 1.45 bits per heavy atom. The van der Waals surface area contributed by atoms with Crippen LogP contribution in [0.2, 0.25) is 0 Å². The van der Waals surface area contributed by atoms with E-state index in [-0.39, 0.29) is 0 Å². The molecule has 3 nitrogen and oxygen atoms in total. The van der Waals surface area contributed by atoms with Gasteiger partial charge < -0.3 is 9.80 Å². The monoisotopic (exact) mass is 301 g/mol. The summed E-state index contributed by atoms with van der Waals surface area (Å²) in [5.41, 5.74) is 2.81. The quantitative estimate of drug-likeness (QED) is 0.846. The van der Waals surface area contributed by atoms with Gasteiger partial charge in [0.15, 0.2) is 0 Å². The molecule has 0 amide bonds. The SMILES string of the molecule is Cc1ccc(CN2CCN(CC3CCN(C)CC3)CC2)cc1. The number of hydrogen-bond acceptors (Lipinski definition) is 3. The maximum absolute atomic E-state index is 2.70. The van der Waals surface area contributed by atoms with Crippen LogP contribution in [0.5, 0.6) is 0 Å². The van der Waals surface area contributed by atoms with E-state index < -0.39 is 0 Å². The predicted molar refractivity (Wildman–Crippen MR) is 93.1 cm³/mol. The summed E-state index contributed by atoms with van der Waals surface area (Å²) in [5.74, 6) is 0.930. The van der Waals surface area contributed by atoms with E-state index >= 15 is 0 Å². The molecule has 2 aliphatic rings. The predicted octanol–water partition coefficient (Wildman–Crippen LogP) is 2.45. The van der Waals surface area contributed by atoms with Crippen molar-refractivity contribution in [2.45, 2.75) is 26.3 Å². The van der Waals surface area contributed by atoms with Crippen molar-refractivity contribution < 1.29 is 0 Å². The van der Waals surface area contributed by atoms with Gasteiger partial charge in [-0.15, -0.1) is 0 Å². The third kappa shape index (κ3) is 4.55. The summed E-state index contributed by atoms with van der Waals surface area (Å²) in [7, 11) is 2.25. The Kier molecular flexibility index (Phi) is 5.51. The first-order valence-corrected chi connectivity index (χ1v) is 8.88. The summed E-state index contributed by atoms with van der Waals surface area (Å²) in [4.78, 5) is 7.77. The lowest BCUT2D eigenvalue weighted by molar-refractivity contribution is 0.0964. The van der Waals surface area contributed by atoms with Crippen molar-refractivity contribution in [1.82, 2.24) is 14.7 Å². The highest BCUT2D eigenvalue weighted by Crippen LogP contribution is 2.18. The first-order chi connectivity index (χ1) is 10.7. The Morgan fingerprint density at radius 3 is 2.09 bits per heavy atom. The second kappa shape index (κ2) is 7.58. The Bertz CT molecular complexity index is 440. The fourth-order valence-electron chi connectivity index (χ4n) is 3.69. The van der Waals surface area contributed by atoms with Crippen molar-refractivity contribution in [1.29, 1.82) is 0 Å². The van der Waals surface area contributed by atoms with Gasteiger partial charge >= 0.3 is 0 Å². The van der Waals surface area contributed by atoms with E-state index in [0.29, 0.717) is 0 Å². The normalized spacial score (nSPS) is 23.0. The second-order valence-corrected chi connectivity index (χ2v) is 7.31. The number of likely N-dealkylation sites (tertiary alicyclic amines) is 1. The molecule has 0 bridgehead atoms. The van der Waals surface area contributed by atoms with Crippen molar-refractivity contribution in [3.63, 3.8) is 0 Å². The number of nitrogens with zero attached hydrogens (tertiary/aromatic N) is 3. The zero-order valence-corrected chi connectivity index (χ0v) is 14.3. The number of piperidine rings is 1. The third-order valence-corrected chi connectivity index (χ3v) is 5.35. The largest absolute Gasteiger partial charge is 0.306 e. The molecule has 2 fully saturated rings. The first-order valence-electron chi connectivity index (χ1n) is 8.88. The Balaban J connectivity index is 1.39. The lowest BCUT2D eigenvalue weighted by atomic mass is 9.96. The van der Waals surface area contributed by atoms with Crippen molar-refractivity contribution in [2.75, 3.05) is 52.9 Å². The molecular formula is C19H31N3. The smallest absolute Gasteiger partial charge is 0.0234 e. The molecule has 22 heavy (non-hydrogen) atoms. The van der Waals surface area contributed by atoms with Crippen LogP contribution < -0.4 is 0 Å². The molecular weight excluding hydrogens is 270 g/mol. The molecule has 3 heteroatoms. The van der Waals surface area contributed by atoms with Gasteiger partial charge in [0.25, 0.3) is 0 Å².